The van der Waals surface area contributed by atoms with E-state index in [9.17, 15) is 5.26 Å². The van der Waals surface area contributed by atoms with Crippen LogP contribution in [-0.4, -0.2) is 6.21 Å². The molecule has 0 aliphatic heterocycles. The van der Waals surface area contributed by atoms with Crippen molar-refractivity contribution < 1.29 is 0 Å². The molecule has 0 saturated carbocycles. The van der Waals surface area contributed by atoms with Crippen LogP contribution in [0.2, 0.25) is 0 Å². The highest BCUT2D eigenvalue weighted by molar-refractivity contribution is 9.10. The number of fused-ring (bicyclic) bond motifs is 1. The monoisotopic (exact) mass is 330 g/mol. The molecule has 0 amide bonds. The van der Waals surface area contributed by atoms with Crippen LogP contribution in [0.3, 0.4) is 0 Å². The zero-order chi connectivity index (χ0) is 13.2. The second-order valence-electron chi connectivity index (χ2n) is 4.46. The summed E-state index contributed by atoms with van der Waals surface area (Å²) in [5, 5.41) is 10.1. The molecule has 1 aromatic carbocycles. The van der Waals surface area contributed by atoms with Crippen molar-refractivity contribution in [2.45, 2.75) is 19.3 Å². The van der Waals surface area contributed by atoms with Crippen molar-refractivity contribution in [3.05, 3.63) is 50.3 Å². The maximum absolute atomic E-state index is 9.28. The van der Waals surface area contributed by atoms with Crippen LogP contribution in [0.5, 0.6) is 0 Å². The predicted molar refractivity (Wildman–Crippen MR) is 82.5 cm³/mol. The average molecular weight is 331 g/mol. The largest absolute Gasteiger partial charge is 0.244 e. The standard InChI is InChI=1S/C15H11BrN2S/c16-11-6-4-10(5-7-11)9-18-15-13(8-17)12-2-1-3-14(12)19-15/h4-7,9H,1-3H2/b18-9+. The fourth-order valence-corrected chi connectivity index (χ4v) is 3.73. The molecule has 0 saturated heterocycles. The Hall–Kier alpha value is -1.44. The molecule has 0 atom stereocenters. The van der Waals surface area contributed by atoms with Gasteiger partial charge in [-0.05, 0) is 42.5 Å². The lowest BCUT2D eigenvalue weighted by Crippen LogP contribution is -1.81. The van der Waals surface area contributed by atoms with Crippen molar-refractivity contribution in [1.29, 1.82) is 5.26 Å². The van der Waals surface area contributed by atoms with E-state index in [4.69, 9.17) is 0 Å². The van der Waals surface area contributed by atoms with E-state index in [1.807, 2.05) is 30.5 Å². The van der Waals surface area contributed by atoms with E-state index in [-0.39, 0.29) is 0 Å². The maximum atomic E-state index is 9.28. The second-order valence-corrected chi connectivity index (χ2v) is 6.46. The molecule has 4 heteroatoms. The van der Waals surface area contributed by atoms with Crippen molar-refractivity contribution in [3.63, 3.8) is 0 Å². The zero-order valence-corrected chi connectivity index (χ0v) is 12.6. The van der Waals surface area contributed by atoms with Crippen LogP contribution in [0, 0.1) is 11.3 Å². The summed E-state index contributed by atoms with van der Waals surface area (Å²) in [5.74, 6) is 0. The van der Waals surface area contributed by atoms with Crippen molar-refractivity contribution in [2.75, 3.05) is 0 Å². The van der Waals surface area contributed by atoms with E-state index in [0.29, 0.717) is 0 Å². The van der Waals surface area contributed by atoms with Gasteiger partial charge in [-0.3, -0.25) is 0 Å². The Kier molecular flexibility index (Phi) is 3.50. The molecule has 0 fully saturated rings. The number of nitriles is 1. The Morgan fingerprint density at radius 1 is 1.26 bits per heavy atom. The number of thiophene rings is 1. The van der Waals surface area contributed by atoms with Gasteiger partial charge in [-0.1, -0.05) is 28.1 Å². The average Bonchev–Trinajstić information content (AvgIpc) is 2.98. The molecule has 0 radical (unpaired) electrons. The summed E-state index contributed by atoms with van der Waals surface area (Å²) in [6, 6.07) is 10.3. The minimum Gasteiger partial charge on any atom is -0.244 e. The highest BCUT2D eigenvalue weighted by Gasteiger charge is 2.21. The van der Waals surface area contributed by atoms with Crippen LogP contribution in [-0.2, 0) is 12.8 Å². The summed E-state index contributed by atoms with van der Waals surface area (Å²) in [6.45, 7) is 0. The third-order valence-corrected chi connectivity index (χ3v) is 4.94. The Bertz CT molecular complexity index is 677. The Labute approximate surface area is 124 Å². The molecule has 0 unspecified atom stereocenters. The molecule has 0 bridgehead atoms. The first kappa shape index (κ1) is 12.6. The van der Waals surface area contributed by atoms with Gasteiger partial charge in [-0.25, -0.2) is 4.99 Å². The summed E-state index contributed by atoms with van der Waals surface area (Å²) >= 11 is 5.07. The first-order chi connectivity index (χ1) is 9.28. The van der Waals surface area contributed by atoms with E-state index < -0.39 is 0 Å². The minimum absolute atomic E-state index is 0.783. The van der Waals surface area contributed by atoms with Crippen LogP contribution >= 0.6 is 27.3 Å². The fraction of sp³-hybridized carbons (Fsp3) is 0.200. The fourth-order valence-electron chi connectivity index (χ4n) is 2.28. The molecule has 1 aliphatic rings. The lowest BCUT2D eigenvalue weighted by molar-refractivity contribution is 0.913. The molecule has 1 aromatic heterocycles. The molecule has 2 nitrogen and oxygen atoms in total. The van der Waals surface area contributed by atoms with Crippen LogP contribution in [0.15, 0.2) is 33.7 Å². The van der Waals surface area contributed by atoms with Crippen molar-refractivity contribution in [2.24, 2.45) is 4.99 Å². The first-order valence-electron chi connectivity index (χ1n) is 6.12. The van der Waals surface area contributed by atoms with Crippen LogP contribution in [0.1, 0.15) is 28.0 Å². The molecule has 1 heterocycles. The minimum atomic E-state index is 0.783. The van der Waals surface area contributed by atoms with Gasteiger partial charge in [0.2, 0.25) is 0 Å². The van der Waals surface area contributed by atoms with Gasteiger partial charge < -0.3 is 0 Å². The number of aliphatic imine (C=N–C) groups is 1. The van der Waals surface area contributed by atoms with Crippen LogP contribution in [0.25, 0.3) is 0 Å². The van der Waals surface area contributed by atoms with Gasteiger partial charge in [0.25, 0.3) is 0 Å². The molecule has 94 valence electrons. The van der Waals surface area contributed by atoms with Crippen molar-refractivity contribution in [1.82, 2.24) is 0 Å². The maximum Gasteiger partial charge on any atom is 0.134 e. The molecule has 3 rings (SSSR count). The van der Waals surface area contributed by atoms with E-state index in [1.165, 1.54) is 16.9 Å². The van der Waals surface area contributed by atoms with Crippen LogP contribution in [0.4, 0.5) is 5.00 Å². The van der Waals surface area contributed by atoms with Gasteiger partial charge in [-0.2, -0.15) is 5.26 Å². The summed E-state index contributed by atoms with van der Waals surface area (Å²) in [7, 11) is 0. The number of halogens is 1. The quantitative estimate of drug-likeness (QED) is 0.740. The summed E-state index contributed by atoms with van der Waals surface area (Å²) < 4.78 is 1.05. The third kappa shape index (κ3) is 2.49. The highest BCUT2D eigenvalue weighted by atomic mass is 79.9. The first-order valence-corrected chi connectivity index (χ1v) is 7.73. The number of hydrogen-bond acceptors (Lipinski definition) is 3. The molecule has 2 aromatic rings. The lowest BCUT2D eigenvalue weighted by Gasteiger charge is -1.94. The van der Waals surface area contributed by atoms with Crippen molar-refractivity contribution in [3.8, 4) is 6.07 Å². The molecule has 0 spiro atoms. The van der Waals surface area contributed by atoms with E-state index >= 15 is 0 Å². The van der Waals surface area contributed by atoms with E-state index in [1.54, 1.807) is 11.3 Å². The molecular weight excluding hydrogens is 320 g/mol. The SMILES string of the molecule is N#Cc1c(/N=C/c2ccc(Br)cc2)sc2c1CCC2. The molecular formula is C15H11BrN2S. The number of rotatable bonds is 2. The van der Waals surface area contributed by atoms with Gasteiger partial charge in [0.1, 0.15) is 11.1 Å². The van der Waals surface area contributed by atoms with Crippen molar-refractivity contribution >= 4 is 38.5 Å². The third-order valence-electron chi connectivity index (χ3n) is 3.22. The number of aryl methyl sites for hydroxylation is 1. The lowest BCUT2D eigenvalue weighted by atomic mass is 10.1. The summed E-state index contributed by atoms with van der Waals surface area (Å²) in [6.07, 6.45) is 5.13. The van der Waals surface area contributed by atoms with E-state index in [0.717, 1.165) is 33.4 Å². The summed E-state index contributed by atoms with van der Waals surface area (Å²) in [5.41, 5.74) is 3.06. The normalized spacial score (nSPS) is 13.7. The molecule has 0 N–H and O–H groups in total. The van der Waals surface area contributed by atoms with E-state index in [2.05, 4.69) is 27.0 Å². The zero-order valence-electron chi connectivity index (χ0n) is 10.2. The summed E-state index contributed by atoms with van der Waals surface area (Å²) in [4.78, 5) is 5.84. The molecule has 19 heavy (non-hydrogen) atoms. The Morgan fingerprint density at radius 3 is 2.79 bits per heavy atom. The van der Waals surface area contributed by atoms with Gasteiger partial charge in [-0.15, -0.1) is 11.3 Å². The number of benzene rings is 1. The highest BCUT2D eigenvalue weighted by Crippen LogP contribution is 2.40. The Balaban J connectivity index is 1.92. The second kappa shape index (κ2) is 5.28. The Morgan fingerprint density at radius 2 is 2.05 bits per heavy atom. The van der Waals surface area contributed by atoms with Crippen LogP contribution < -0.4 is 0 Å². The topological polar surface area (TPSA) is 36.1 Å². The van der Waals surface area contributed by atoms with Gasteiger partial charge in [0.05, 0.1) is 5.56 Å². The smallest absolute Gasteiger partial charge is 0.134 e. The van der Waals surface area contributed by atoms with Gasteiger partial charge in [0, 0.05) is 15.6 Å². The van der Waals surface area contributed by atoms with Gasteiger partial charge in [0.15, 0.2) is 0 Å². The predicted octanol–water partition coefficient (Wildman–Crippen LogP) is 4.62. The molecule has 1 aliphatic carbocycles. The number of hydrogen-bond donors (Lipinski definition) is 0. The number of nitrogens with zero attached hydrogens (tertiary/aromatic N) is 2. The van der Waals surface area contributed by atoms with Gasteiger partial charge >= 0.3 is 0 Å².